The van der Waals surface area contributed by atoms with Gasteiger partial charge in [-0.15, -0.1) is 0 Å². The number of amides is 1. The lowest BCUT2D eigenvalue weighted by atomic mass is 9.86. The van der Waals surface area contributed by atoms with Crippen molar-refractivity contribution in [3.63, 3.8) is 0 Å². The van der Waals surface area contributed by atoms with E-state index >= 15 is 0 Å². The standard InChI is InChI=1S/C18H27ClN2O/c1-13-7-4-5-10-17(13)20-18(22)14(2)21(3)12-15-8-6-9-16(19)11-15/h6,8-9,11,13-14,17H,4-5,7,10,12H2,1-3H3,(H,20,22). The van der Waals surface area contributed by atoms with Crippen LogP contribution in [0.5, 0.6) is 0 Å². The zero-order chi connectivity index (χ0) is 16.1. The molecule has 0 aliphatic heterocycles. The summed E-state index contributed by atoms with van der Waals surface area (Å²) in [5, 5.41) is 3.98. The maximum atomic E-state index is 12.5. The fourth-order valence-corrected chi connectivity index (χ4v) is 3.31. The highest BCUT2D eigenvalue weighted by Crippen LogP contribution is 2.24. The summed E-state index contributed by atoms with van der Waals surface area (Å²) >= 11 is 6.02. The molecule has 1 aromatic rings. The highest BCUT2D eigenvalue weighted by molar-refractivity contribution is 6.30. The second-order valence-electron chi connectivity index (χ2n) is 6.60. The van der Waals surface area contributed by atoms with E-state index in [1.165, 1.54) is 19.3 Å². The summed E-state index contributed by atoms with van der Waals surface area (Å²) in [6, 6.07) is 7.99. The average molecular weight is 323 g/mol. The fraction of sp³-hybridized carbons (Fsp3) is 0.611. The quantitative estimate of drug-likeness (QED) is 0.893. The van der Waals surface area contributed by atoms with Crippen LogP contribution >= 0.6 is 11.6 Å². The maximum Gasteiger partial charge on any atom is 0.237 e. The lowest BCUT2D eigenvalue weighted by Crippen LogP contribution is -2.49. The van der Waals surface area contributed by atoms with Gasteiger partial charge in [0, 0.05) is 17.6 Å². The molecule has 0 aromatic heterocycles. The van der Waals surface area contributed by atoms with Gasteiger partial charge in [-0.05, 0) is 50.4 Å². The van der Waals surface area contributed by atoms with Crippen LogP contribution in [0.25, 0.3) is 0 Å². The van der Waals surface area contributed by atoms with E-state index in [1.54, 1.807) is 0 Å². The van der Waals surface area contributed by atoms with Gasteiger partial charge in [0.05, 0.1) is 6.04 Å². The van der Waals surface area contributed by atoms with Gasteiger partial charge in [0.25, 0.3) is 0 Å². The molecular weight excluding hydrogens is 296 g/mol. The summed E-state index contributed by atoms with van der Waals surface area (Å²) in [6.07, 6.45) is 4.84. The Hall–Kier alpha value is -1.06. The number of benzene rings is 1. The van der Waals surface area contributed by atoms with Crippen LogP contribution in [0.2, 0.25) is 5.02 Å². The SMILES string of the molecule is CC1CCCCC1NC(=O)C(C)N(C)Cc1cccc(Cl)c1. The Morgan fingerprint density at radius 2 is 2.14 bits per heavy atom. The van der Waals surface area contributed by atoms with Crippen LogP contribution in [-0.4, -0.2) is 29.9 Å². The number of hydrogen-bond acceptors (Lipinski definition) is 2. The average Bonchev–Trinajstić information content (AvgIpc) is 2.48. The van der Waals surface area contributed by atoms with E-state index in [0.29, 0.717) is 12.0 Å². The lowest BCUT2D eigenvalue weighted by molar-refractivity contribution is -0.126. The van der Waals surface area contributed by atoms with Crippen LogP contribution in [0.3, 0.4) is 0 Å². The normalized spacial score (nSPS) is 23.3. The molecule has 3 atom stereocenters. The Balaban J connectivity index is 1.89. The minimum atomic E-state index is -0.145. The summed E-state index contributed by atoms with van der Waals surface area (Å²) in [5.74, 6) is 0.714. The Bertz CT molecular complexity index is 506. The third-order valence-corrected chi connectivity index (χ3v) is 5.04. The molecule has 1 aliphatic carbocycles. The molecule has 0 saturated heterocycles. The second kappa shape index (κ2) is 7.98. The maximum absolute atomic E-state index is 12.5. The highest BCUT2D eigenvalue weighted by Gasteiger charge is 2.26. The van der Waals surface area contributed by atoms with Crippen LogP contribution in [0.15, 0.2) is 24.3 Å². The zero-order valence-electron chi connectivity index (χ0n) is 13.8. The number of halogens is 1. The van der Waals surface area contributed by atoms with E-state index in [2.05, 4.69) is 17.1 Å². The predicted octanol–water partition coefficient (Wildman–Crippen LogP) is 3.86. The van der Waals surface area contributed by atoms with Crippen molar-refractivity contribution >= 4 is 17.5 Å². The van der Waals surface area contributed by atoms with Gasteiger partial charge in [0.1, 0.15) is 0 Å². The minimum Gasteiger partial charge on any atom is -0.352 e. The first-order valence-electron chi connectivity index (χ1n) is 8.22. The number of likely N-dealkylation sites (N-methyl/N-ethyl adjacent to an activating group) is 1. The van der Waals surface area contributed by atoms with Crippen molar-refractivity contribution in [2.24, 2.45) is 5.92 Å². The van der Waals surface area contributed by atoms with E-state index in [-0.39, 0.29) is 11.9 Å². The Morgan fingerprint density at radius 3 is 2.82 bits per heavy atom. The minimum absolute atomic E-state index is 0.128. The third kappa shape index (κ3) is 4.72. The summed E-state index contributed by atoms with van der Waals surface area (Å²) in [6.45, 7) is 4.92. The van der Waals surface area contributed by atoms with Crippen molar-refractivity contribution in [2.75, 3.05) is 7.05 Å². The molecule has 1 fully saturated rings. The van der Waals surface area contributed by atoms with Gasteiger partial charge in [-0.2, -0.15) is 0 Å². The molecule has 2 rings (SSSR count). The topological polar surface area (TPSA) is 32.3 Å². The van der Waals surface area contributed by atoms with Crippen LogP contribution in [0.4, 0.5) is 0 Å². The van der Waals surface area contributed by atoms with E-state index in [1.807, 2.05) is 38.2 Å². The van der Waals surface area contributed by atoms with E-state index in [9.17, 15) is 4.79 Å². The van der Waals surface area contributed by atoms with Crippen LogP contribution in [-0.2, 0) is 11.3 Å². The van der Waals surface area contributed by atoms with Crippen LogP contribution < -0.4 is 5.32 Å². The number of nitrogens with zero attached hydrogens (tertiary/aromatic N) is 1. The second-order valence-corrected chi connectivity index (χ2v) is 7.03. The van der Waals surface area contributed by atoms with Gasteiger partial charge in [-0.1, -0.05) is 43.5 Å². The Morgan fingerprint density at radius 1 is 1.41 bits per heavy atom. The molecule has 0 heterocycles. The third-order valence-electron chi connectivity index (χ3n) is 4.80. The van der Waals surface area contributed by atoms with Gasteiger partial charge >= 0.3 is 0 Å². The lowest BCUT2D eigenvalue weighted by Gasteiger charge is -2.32. The van der Waals surface area contributed by atoms with Crippen molar-refractivity contribution in [1.82, 2.24) is 10.2 Å². The van der Waals surface area contributed by atoms with E-state index in [4.69, 9.17) is 11.6 Å². The van der Waals surface area contributed by atoms with Crippen LogP contribution in [0.1, 0.15) is 45.1 Å². The largest absolute Gasteiger partial charge is 0.352 e. The Kier molecular flexibility index (Phi) is 6.27. The molecule has 22 heavy (non-hydrogen) atoms. The van der Waals surface area contributed by atoms with Crippen LogP contribution in [0, 0.1) is 5.92 Å². The van der Waals surface area contributed by atoms with Crippen molar-refractivity contribution < 1.29 is 4.79 Å². The van der Waals surface area contributed by atoms with E-state index in [0.717, 1.165) is 23.6 Å². The molecule has 1 saturated carbocycles. The van der Waals surface area contributed by atoms with Gasteiger partial charge in [0.2, 0.25) is 5.91 Å². The predicted molar refractivity (Wildman–Crippen MR) is 91.9 cm³/mol. The van der Waals surface area contributed by atoms with Crippen molar-refractivity contribution in [3.8, 4) is 0 Å². The van der Waals surface area contributed by atoms with Gasteiger partial charge in [0.15, 0.2) is 0 Å². The monoisotopic (exact) mass is 322 g/mol. The summed E-state index contributed by atoms with van der Waals surface area (Å²) in [7, 11) is 1.98. The number of rotatable bonds is 5. The molecule has 3 unspecified atom stereocenters. The first-order chi connectivity index (χ1) is 10.5. The van der Waals surface area contributed by atoms with E-state index < -0.39 is 0 Å². The molecule has 0 spiro atoms. The summed E-state index contributed by atoms with van der Waals surface area (Å²) in [4.78, 5) is 14.5. The van der Waals surface area contributed by atoms with Crippen molar-refractivity contribution in [3.05, 3.63) is 34.9 Å². The molecule has 0 bridgehead atoms. The smallest absolute Gasteiger partial charge is 0.237 e. The Labute approximate surface area is 139 Å². The molecule has 1 aromatic carbocycles. The van der Waals surface area contributed by atoms with Crippen molar-refractivity contribution in [1.29, 1.82) is 0 Å². The van der Waals surface area contributed by atoms with Crippen molar-refractivity contribution in [2.45, 2.75) is 58.2 Å². The molecule has 1 amide bonds. The number of nitrogens with one attached hydrogen (secondary N) is 1. The highest BCUT2D eigenvalue weighted by atomic mass is 35.5. The molecule has 1 aliphatic rings. The zero-order valence-corrected chi connectivity index (χ0v) is 14.6. The van der Waals surface area contributed by atoms with Gasteiger partial charge in [-0.3, -0.25) is 9.69 Å². The summed E-state index contributed by atoms with van der Waals surface area (Å²) in [5.41, 5.74) is 1.13. The number of carbonyl (C=O) groups excluding carboxylic acids is 1. The first-order valence-corrected chi connectivity index (χ1v) is 8.60. The number of carbonyl (C=O) groups is 1. The molecular formula is C18H27ClN2O. The number of hydrogen-bond donors (Lipinski definition) is 1. The summed E-state index contributed by atoms with van der Waals surface area (Å²) < 4.78 is 0. The van der Waals surface area contributed by atoms with Gasteiger partial charge < -0.3 is 5.32 Å². The molecule has 1 N–H and O–H groups in total. The molecule has 0 radical (unpaired) electrons. The first kappa shape index (κ1) is 17.3. The van der Waals surface area contributed by atoms with Gasteiger partial charge in [-0.25, -0.2) is 0 Å². The molecule has 3 nitrogen and oxygen atoms in total. The molecule has 4 heteroatoms. The molecule has 122 valence electrons. The fourth-order valence-electron chi connectivity index (χ4n) is 3.09.